The number of hydrogen-bond acceptors (Lipinski definition) is 4. The molecular formula is C25H29FN4O3. The van der Waals surface area contributed by atoms with Gasteiger partial charge in [-0.05, 0) is 49.4 Å². The van der Waals surface area contributed by atoms with Gasteiger partial charge in [-0.1, -0.05) is 25.0 Å². The molecule has 0 atom stereocenters. The molecule has 2 N–H and O–H groups in total. The van der Waals surface area contributed by atoms with Gasteiger partial charge in [0, 0.05) is 42.9 Å². The Kier molecular flexibility index (Phi) is 7.55. The van der Waals surface area contributed by atoms with Crippen molar-refractivity contribution in [1.82, 2.24) is 20.2 Å². The highest BCUT2D eigenvalue weighted by atomic mass is 19.1. The molecule has 0 bridgehead atoms. The van der Waals surface area contributed by atoms with Crippen LogP contribution in [0.3, 0.4) is 0 Å². The summed E-state index contributed by atoms with van der Waals surface area (Å²) in [7, 11) is 0. The molecule has 1 aliphatic heterocycles. The van der Waals surface area contributed by atoms with Crippen LogP contribution < -0.4 is 10.1 Å². The number of alkyl halides is 1. The highest BCUT2D eigenvalue weighted by Crippen LogP contribution is 2.26. The van der Waals surface area contributed by atoms with Gasteiger partial charge < -0.3 is 19.9 Å². The average molecular weight is 453 g/mol. The Morgan fingerprint density at radius 3 is 2.79 bits per heavy atom. The SMILES string of the molecule is O=C(NCCCCC1CCN(C(=O)c2ccccc2OCF)CC1)c1cc2cnccc2[nH]1. The van der Waals surface area contributed by atoms with Gasteiger partial charge in [0.05, 0.1) is 5.56 Å². The number of carbonyl (C=O) groups is 2. The van der Waals surface area contributed by atoms with E-state index < -0.39 is 6.86 Å². The van der Waals surface area contributed by atoms with E-state index in [4.69, 9.17) is 4.74 Å². The molecule has 3 aromatic rings. The number of amides is 2. The van der Waals surface area contributed by atoms with E-state index in [0.29, 0.717) is 42.6 Å². The average Bonchev–Trinajstić information content (AvgIpc) is 3.29. The van der Waals surface area contributed by atoms with E-state index in [1.54, 1.807) is 36.7 Å². The van der Waals surface area contributed by atoms with Crippen LogP contribution in [0.15, 0.2) is 48.8 Å². The minimum atomic E-state index is -0.952. The largest absolute Gasteiger partial charge is 0.462 e. The number of unbranched alkanes of at least 4 members (excludes halogenated alkanes) is 1. The van der Waals surface area contributed by atoms with Gasteiger partial charge in [0.2, 0.25) is 6.86 Å². The first kappa shape index (κ1) is 22.8. The van der Waals surface area contributed by atoms with Crippen LogP contribution in [-0.4, -0.2) is 53.2 Å². The summed E-state index contributed by atoms with van der Waals surface area (Å²) < 4.78 is 17.5. The molecule has 2 amide bonds. The lowest BCUT2D eigenvalue weighted by Gasteiger charge is -2.32. The predicted octanol–water partition coefficient (Wildman–Crippen LogP) is 4.32. The first-order chi connectivity index (χ1) is 16.2. The topological polar surface area (TPSA) is 87.3 Å². The molecule has 2 aromatic heterocycles. The Morgan fingerprint density at radius 1 is 1.18 bits per heavy atom. The molecular weight excluding hydrogens is 423 g/mol. The maximum atomic E-state index is 12.8. The third kappa shape index (κ3) is 5.69. The van der Waals surface area contributed by atoms with Crippen LogP contribution in [-0.2, 0) is 0 Å². The normalized spacial score (nSPS) is 14.4. The smallest absolute Gasteiger partial charge is 0.267 e. The number of likely N-dealkylation sites (tertiary alicyclic amines) is 1. The summed E-state index contributed by atoms with van der Waals surface area (Å²) in [6.07, 6.45) is 8.36. The molecule has 0 spiro atoms. The van der Waals surface area contributed by atoms with E-state index in [-0.39, 0.29) is 11.8 Å². The number of halogens is 1. The van der Waals surface area contributed by atoms with Gasteiger partial charge in [0.25, 0.3) is 11.8 Å². The van der Waals surface area contributed by atoms with Crippen LogP contribution in [0.1, 0.15) is 53.0 Å². The van der Waals surface area contributed by atoms with E-state index in [1.807, 2.05) is 17.0 Å². The second kappa shape index (κ2) is 10.9. The Balaban J connectivity index is 1.15. The molecule has 1 fully saturated rings. The quantitative estimate of drug-likeness (QED) is 0.474. The molecule has 0 unspecified atom stereocenters. The Morgan fingerprint density at radius 2 is 2.00 bits per heavy atom. The van der Waals surface area contributed by atoms with Crippen LogP contribution in [0, 0.1) is 5.92 Å². The van der Waals surface area contributed by atoms with Crippen LogP contribution in [0.25, 0.3) is 10.9 Å². The van der Waals surface area contributed by atoms with E-state index in [9.17, 15) is 14.0 Å². The number of carbonyl (C=O) groups excluding carboxylic acids is 2. The minimum absolute atomic E-state index is 0.102. The van der Waals surface area contributed by atoms with E-state index in [0.717, 1.165) is 43.0 Å². The van der Waals surface area contributed by atoms with Gasteiger partial charge in [-0.25, -0.2) is 4.39 Å². The number of hydrogen-bond donors (Lipinski definition) is 2. The second-order valence-corrected chi connectivity index (χ2v) is 8.38. The number of ether oxygens (including phenoxy) is 1. The van der Waals surface area contributed by atoms with Gasteiger partial charge in [-0.2, -0.15) is 0 Å². The number of benzene rings is 1. The van der Waals surface area contributed by atoms with Crippen molar-refractivity contribution in [3.63, 3.8) is 0 Å². The lowest BCUT2D eigenvalue weighted by atomic mass is 9.91. The summed E-state index contributed by atoms with van der Waals surface area (Å²) in [5.74, 6) is 0.657. The Labute approximate surface area is 192 Å². The van der Waals surface area contributed by atoms with E-state index in [2.05, 4.69) is 15.3 Å². The third-order valence-electron chi connectivity index (χ3n) is 6.22. The van der Waals surface area contributed by atoms with Crippen LogP contribution in [0.2, 0.25) is 0 Å². The van der Waals surface area contributed by atoms with E-state index >= 15 is 0 Å². The van der Waals surface area contributed by atoms with Crippen molar-refractivity contribution in [2.45, 2.75) is 32.1 Å². The third-order valence-corrected chi connectivity index (χ3v) is 6.22. The predicted molar refractivity (Wildman–Crippen MR) is 124 cm³/mol. The maximum Gasteiger partial charge on any atom is 0.267 e. The monoisotopic (exact) mass is 452 g/mol. The summed E-state index contributed by atoms with van der Waals surface area (Å²) in [6, 6.07) is 10.5. The fraction of sp³-hybridized carbons (Fsp3) is 0.400. The molecule has 1 aliphatic rings. The molecule has 7 nitrogen and oxygen atoms in total. The molecule has 3 heterocycles. The summed E-state index contributed by atoms with van der Waals surface area (Å²) in [6.45, 7) is 1.07. The number of H-pyrrole nitrogens is 1. The summed E-state index contributed by atoms with van der Waals surface area (Å²) in [4.78, 5) is 34.2. The summed E-state index contributed by atoms with van der Waals surface area (Å²) >= 11 is 0. The molecule has 4 rings (SSSR count). The number of fused-ring (bicyclic) bond motifs is 1. The molecule has 8 heteroatoms. The molecule has 0 saturated carbocycles. The van der Waals surface area contributed by atoms with E-state index in [1.165, 1.54) is 0 Å². The Bertz CT molecular complexity index is 1060. The first-order valence-corrected chi connectivity index (χ1v) is 11.4. The maximum absolute atomic E-state index is 12.8. The summed E-state index contributed by atoms with van der Waals surface area (Å²) in [5, 5.41) is 3.89. The van der Waals surface area contributed by atoms with Gasteiger partial charge in [0.15, 0.2) is 0 Å². The van der Waals surface area contributed by atoms with Crippen molar-refractivity contribution < 1.29 is 18.7 Å². The van der Waals surface area contributed by atoms with Crippen molar-refractivity contribution in [2.24, 2.45) is 5.92 Å². The van der Waals surface area contributed by atoms with Gasteiger partial charge >= 0.3 is 0 Å². The van der Waals surface area contributed by atoms with Crippen molar-refractivity contribution >= 4 is 22.7 Å². The van der Waals surface area contributed by atoms with Crippen LogP contribution >= 0.6 is 0 Å². The number of rotatable bonds is 9. The van der Waals surface area contributed by atoms with Gasteiger partial charge in [0.1, 0.15) is 11.4 Å². The number of nitrogens with zero attached hydrogens (tertiary/aromatic N) is 2. The number of pyridine rings is 1. The van der Waals surface area contributed by atoms with Crippen molar-refractivity contribution in [3.8, 4) is 5.75 Å². The van der Waals surface area contributed by atoms with Crippen LogP contribution in [0.4, 0.5) is 4.39 Å². The minimum Gasteiger partial charge on any atom is -0.462 e. The zero-order valence-electron chi connectivity index (χ0n) is 18.6. The van der Waals surface area contributed by atoms with Crippen molar-refractivity contribution in [1.29, 1.82) is 0 Å². The number of piperidine rings is 1. The van der Waals surface area contributed by atoms with Crippen molar-refractivity contribution in [3.05, 3.63) is 60.0 Å². The lowest BCUT2D eigenvalue weighted by Crippen LogP contribution is -2.38. The van der Waals surface area contributed by atoms with Crippen LogP contribution in [0.5, 0.6) is 5.75 Å². The fourth-order valence-electron chi connectivity index (χ4n) is 4.37. The molecule has 33 heavy (non-hydrogen) atoms. The molecule has 1 saturated heterocycles. The Hall–Kier alpha value is -3.42. The zero-order chi connectivity index (χ0) is 23.0. The number of nitrogens with one attached hydrogen (secondary N) is 2. The first-order valence-electron chi connectivity index (χ1n) is 11.4. The van der Waals surface area contributed by atoms with Crippen molar-refractivity contribution in [2.75, 3.05) is 26.5 Å². The number of para-hydroxylation sites is 1. The summed E-state index contributed by atoms with van der Waals surface area (Å²) in [5.41, 5.74) is 1.86. The fourth-order valence-corrected chi connectivity index (χ4v) is 4.37. The van der Waals surface area contributed by atoms with Gasteiger partial charge in [-0.15, -0.1) is 0 Å². The molecule has 1 aromatic carbocycles. The highest BCUT2D eigenvalue weighted by molar-refractivity contribution is 5.98. The number of aromatic amines is 1. The van der Waals surface area contributed by atoms with Gasteiger partial charge in [-0.3, -0.25) is 14.6 Å². The molecule has 0 aliphatic carbocycles. The second-order valence-electron chi connectivity index (χ2n) is 8.38. The number of aromatic nitrogens is 2. The lowest BCUT2D eigenvalue weighted by molar-refractivity contribution is 0.0678. The highest BCUT2D eigenvalue weighted by Gasteiger charge is 2.25. The zero-order valence-corrected chi connectivity index (χ0v) is 18.6. The molecule has 174 valence electrons. The standard InChI is InChI=1S/C25H29FN4O3/c26-17-33-23-7-2-1-6-20(23)25(32)30-13-9-18(10-14-30)5-3-4-11-28-24(31)22-15-19-16-27-12-8-21(19)29-22/h1-2,6-8,12,15-16,18,29H,3-5,9-11,13-14,17H2,(H,28,31). The molecule has 0 radical (unpaired) electrons.